The molecule has 1 unspecified atom stereocenters. The Morgan fingerprint density at radius 2 is 1.90 bits per heavy atom. The summed E-state index contributed by atoms with van der Waals surface area (Å²) in [4.78, 5) is 3.02. The SMILES string of the molecule is O=S1(=O)CCC(NCCN2CCCCC2)c2ccccc21. The molecule has 0 radical (unpaired) electrons. The maximum Gasteiger partial charge on any atom is 0.178 e. The van der Waals surface area contributed by atoms with Gasteiger partial charge in [0.2, 0.25) is 0 Å². The smallest absolute Gasteiger partial charge is 0.178 e. The summed E-state index contributed by atoms with van der Waals surface area (Å²) in [6.45, 7) is 4.40. The maximum atomic E-state index is 12.1. The highest BCUT2D eigenvalue weighted by Crippen LogP contribution is 2.31. The van der Waals surface area contributed by atoms with Gasteiger partial charge in [-0.15, -0.1) is 0 Å². The molecule has 1 aromatic carbocycles. The zero-order chi connectivity index (χ0) is 14.7. The predicted molar refractivity (Wildman–Crippen MR) is 84.1 cm³/mol. The Bertz CT molecular complexity index is 580. The number of nitrogens with one attached hydrogen (secondary N) is 1. The minimum absolute atomic E-state index is 0.175. The van der Waals surface area contributed by atoms with E-state index < -0.39 is 9.84 Å². The largest absolute Gasteiger partial charge is 0.309 e. The molecule has 116 valence electrons. The Balaban J connectivity index is 1.61. The fourth-order valence-electron chi connectivity index (χ4n) is 3.38. The average molecular weight is 308 g/mol. The van der Waals surface area contributed by atoms with Crippen molar-refractivity contribution in [3.8, 4) is 0 Å². The molecule has 0 saturated carbocycles. The molecule has 2 aliphatic rings. The lowest BCUT2D eigenvalue weighted by Gasteiger charge is -2.29. The van der Waals surface area contributed by atoms with Crippen LogP contribution in [0.25, 0.3) is 0 Å². The monoisotopic (exact) mass is 308 g/mol. The number of nitrogens with zero attached hydrogens (tertiary/aromatic N) is 1. The molecule has 5 heteroatoms. The molecule has 1 atom stereocenters. The standard InChI is InChI=1S/C16H24N2O2S/c19-21(20)13-8-15(14-6-2-3-7-16(14)21)17-9-12-18-10-4-1-5-11-18/h2-3,6-7,15,17H,1,4-5,8-13H2. The number of fused-ring (bicyclic) bond motifs is 1. The van der Waals surface area contributed by atoms with Crippen LogP contribution >= 0.6 is 0 Å². The highest BCUT2D eigenvalue weighted by atomic mass is 32.2. The minimum Gasteiger partial charge on any atom is -0.309 e. The Labute approximate surface area is 127 Å². The molecule has 4 nitrogen and oxygen atoms in total. The topological polar surface area (TPSA) is 49.4 Å². The second-order valence-electron chi connectivity index (χ2n) is 6.05. The summed E-state index contributed by atoms with van der Waals surface area (Å²) in [7, 11) is -3.07. The number of rotatable bonds is 4. The number of piperidine rings is 1. The molecule has 2 heterocycles. The highest BCUT2D eigenvalue weighted by Gasteiger charge is 2.29. The summed E-state index contributed by atoms with van der Waals surface area (Å²) in [5, 5.41) is 3.56. The van der Waals surface area contributed by atoms with E-state index in [1.54, 1.807) is 6.07 Å². The summed E-state index contributed by atoms with van der Waals surface area (Å²) < 4.78 is 24.2. The third-order valence-corrected chi connectivity index (χ3v) is 6.39. The molecule has 1 fully saturated rings. The summed E-state index contributed by atoms with van der Waals surface area (Å²) in [5.74, 6) is 0.255. The molecule has 21 heavy (non-hydrogen) atoms. The normalized spacial score (nSPS) is 25.4. The van der Waals surface area contributed by atoms with Gasteiger partial charge >= 0.3 is 0 Å². The molecule has 3 rings (SSSR count). The Hall–Kier alpha value is -0.910. The van der Waals surface area contributed by atoms with E-state index in [9.17, 15) is 8.42 Å². The van der Waals surface area contributed by atoms with Crippen LogP contribution in [0, 0.1) is 0 Å². The fraction of sp³-hybridized carbons (Fsp3) is 0.625. The van der Waals surface area contributed by atoms with Crippen LogP contribution < -0.4 is 5.32 Å². The average Bonchev–Trinajstić information content (AvgIpc) is 2.51. The van der Waals surface area contributed by atoms with Crippen LogP contribution in [0.15, 0.2) is 29.2 Å². The number of sulfone groups is 1. The number of benzene rings is 1. The van der Waals surface area contributed by atoms with Gasteiger partial charge in [-0.25, -0.2) is 8.42 Å². The molecule has 0 aromatic heterocycles. The molecule has 0 amide bonds. The van der Waals surface area contributed by atoms with E-state index >= 15 is 0 Å². The Kier molecular flexibility index (Phi) is 4.62. The zero-order valence-corrected chi connectivity index (χ0v) is 13.2. The Morgan fingerprint density at radius 1 is 1.14 bits per heavy atom. The third-order valence-electron chi connectivity index (χ3n) is 4.57. The minimum atomic E-state index is -3.07. The van der Waals surface area contributed by atoms with Crippen molar-refractivity contribution < 1.29 is 8.42 Å². The van der Waals surface area contributed by atoms with Crippen molar-refractivity contribution in [1.29, 1.82) is 0 Å². The first-order valence-corrected chi connectivity index (χ1v) is 9.59. The molecule has 1 saturated heterocycles. The van der Waals surface area contributed by atoms with Crippen molar-refractivity contribution >= 4 is 9.84 Å². The van der Waals surface area contributed by atoms with Gasteiger partial charge in [0.15, 0.2) is 9.84 Å². The van der Waals surface area contributed by atoms with E-state index in [1.165, 1.54) is 32.4 Å². The summed E-state index contributed by atoms with van der Waals surface area (Å²) in [5.41, 5.74) is 0.947. The fourth-order valence-corrected chi connectivity index (χ4v) is 5.00. The quantitative estimate of drug-likeness (QED) is 0.924. The lowest BCUT2D eigenvalue weighted by atomic mass is 10.0. The van der Waals surface area contributed by atoms with Crippen LogP contribution in [0.2, 0.25) is 0 Å². The molecule has 1 aromatic rings. The van der Waals surface area contributed by atoms with Crippen LogP contribution in [0.3, 0.4) is 0 Å². The van der Waals surface area contributed by atoms with Crippen LogP contribution in [0.1, 0.15) is 37.3 Å². The first kappa shape index (κ1) is 15.0. The van der Waals surface area contributed by atoms with Crippen LogP contribution in [0.4, 0.5) is 0 Å². The van der Waals surface area contributed by atoms with Gasteiger partial charge in [0.1, 0.15) is 0 Å². The van der Waals surface area contributed by atoms with Gasteiger partial charge in [-0.2, -0.15) is 0 Å². The van der Waals surface area contributed by atoms with E-state index in [0.717, 1.165) is 18.7 Å². The molecule has 0 aliphatic carbocycles. The molecule has 0 bridgehead atoms. The van der Waals surface area contributed by atoms with Crippen molar-refractivity contribution in [2.45, 2.75) is 36.6 Å². The van der Waals surface area contributed by atoms with Crippen molar-refractivity contribution in [1.82, 2.24) is 10.2 Å². The van der Waals surface area contributed by atoms with E-state index in [4.69, 9.17) is 0 Å². The molecule has 1 N–H and O–H groups in total. The summed E-state index contributed by atoms with van der Waals surface area (Å²) in [6.07, 6.45) is 4.66. The third kappa shape index (κ3) is 3.47. The number of hydrogen-bond donors (Lipinski definition) is 1. The van der Waals surface area contributed by atoms with Gasteiger partial charge in [-0.1, -0.05) is 24.6 Å². The first-order chi connectivity index (χ1) is 10.2. The van der Waals surface area contributed by atoms with E-state index in [-0.39, 0.29) is 11.8 Å². The molecular weight excluding hydrogens is 284 g/mol. The first-order valence-electron chi connectivity index (χ1n) is 7.94. The molecule has 2 aliphatic heterocycles. The van der Waals surface area contributed by atoms with Crippen LogP contribution in [0.5, 0.6) is 0 Å². The second kappa shape index (κ2) is 6.46. The lowest BCUT2D eigenvalue weighted by Crippen LogP contribution is -2.38. The summed E-state index contributed by atoms with van der Waals surface area (Å²) >= 11 is 0. The Morgan fingerprint density at radius 3 is 2.71 bits per heavy atom. The van der Waals surface area contributed by atoms with E-state index in [1.807, 2.05) is 18.2 Å². The maximum absolute atomic E-state index is 12.1. The molecule has 0 spiro atoms. The summed E-state index contributed by atoms with van der Waals surface area (Å²) in [6, 6.07) is 7.61. The van der Waals surface area contributed by atoms with Crippen molar-refractivity contribution in [2.75, 3.05) is 31.9 Å². The van der Waals surface area contributed by atoms with E-state index in [0.29, 0.717) is 11.3 Å². The van der Waals surface area contributed by atoms with Crippen molar-refractivity contribution in [3.63, 3.8) is 0 Å². The molecular formula is C16H24N2O2S. The van der Waals surface area contributed by atoms with Gasteiger partial charge in [0.05, 0.1) is 10.6 Å². The number of likely N-dealkylation sites (tertiary alicyclic amines) is 1. The predicted octanol–water partition coefficient (Wildman–Crippen LogP) is 1.98. The zero-order valence-electron chi connectivity index (χ0n) is 12.4. The highest BCUT2D eigenvalue weighted by molar-refractivity contribution is 7.91. The second-order valence-corrected chi connectivity index (χ2v) is 8.13. The van der Waals surface area contributed by atoms with Gasteiger partial charge in [-0.3, -0.25) is 0 Å². The van der Waals surface area contributed by atoms with Gasteiger partial charge in [0, 0.05) is 19.1 Å². The van der Waals surface area contributed by atoms with E-state index in [2.05, 4.69) is 10.2 Å². The van der Waals surface area contributed by atoms with Crippen LogP contribution in [-0.2, 0) is 9.84 Å². The van der Waals surface area contributed by atoms with Gasteiger partial charge < -0.3 is 10.2 Å². The van der Waals surface area contributed by atoms with Crippen LogP contribution in [-0.4, -0.2) is 45.2 Å². The lowest BCUT2D eigenvalue weighted by molar-refractivity contribution is 0.225. The number of hydrogen-bond acceptors (Lipinski definition) is 4. The van der Waals surface area contributed by atoms with Gasteiger partial charge in [0.25, 0.3) is 0 Å². The van der Waals surface area contributed by atoms with Crippen molar-refractivity contribution in [3.05, 3.63) is 29.8 Å². The van der Waals surface area contributed by atoms with Gasteiger partial charge in [-0.05, 0) is 44.0 Å². The van der Waals surface area contributed by atoms with Crippen molar-refractivity contribution in [2.24, 2.45) is 0 Å².